The van der Waals surface area contributed by atoms with Crippen molar-refractivity contribution >= 4 is 17.7 Å². The summed E-state index contributed by atoms with van der Waals surface area (Å²) < 4.78 is 21.0. The highest BCUT2D eigenvalue weighted by molar-refractivity contribution is 8.01. The van der Waals surface area contributed by atoms with Gasteiger partial charge in [0.05, 0.1) is 12.3 Å². The summed E-state index contributed by atoms with van der Waals surface area (Å²) in [4.78, 5) is 13.7. The summed E-state index contributed by atoms with van der Waals surface area (Å²) in [6, 6.07) is 0. The van der Waals surface area contributed by atoms with Crippen molar-refractivity contribution in [3.63, 3.8) is 0 Å². The molecule has 1 amide bonds. The lowest BCUT2D eigenvalue weighted by molar-refractivity contribution is -0.291. The van der Waals surface area contributed by atoms with Crippen molar-refractivity contribution in [3.8, 4) is 0 Å². The highest BCUT2D eigenvalue weighted by atomic mass is 32.2. The zero-order chi connectivity index (χ0) is 19.9. The molecule has 27 heavy (non-hydrogen) atoms. The minimum Gasteiger partial charge on any atom is -0.388 e. The molecule has 0 aromatic rings. The average molecular weight is 411 g/mol. The quantitative estimate of drug-likeness (QED) is 0.305. The molecule has 0 unspecified atom stereocenters. The molecule has 0 aliphatic carbocycles. The van der Waals surface area contributed by atoms with Gasteiger partial charge in [-0.1, -0.05) is 0 Å². The van der Waals surface area contributed by atoms with Gasteiger partial charge in [0.1, 0.15) is 48.1 Å². The van der Waals surface area contributed by atoms with E-state index in [2.05, 4.69) is 0 Å². The van der Waals surface area contributed by atoms with E-state index in [-0.39, 0.29) is 18.2 Å². The summed E-state index contributed by atoms with van der Waals surface area (Å²) >= 11 is 1.22. The number of rotatable bonds is 5. The van der Waals surface area contributed by atoms with Crippen LogP contribution in [0, 0.1) is 0 Å². The topological polar surface area (TPSA) is 158 Å². The Labute approximate surface area is 159 Å². The molecule has 0 spiro atoms. The minimum absolute atomic E-state index is 0.118. The molecule has 0 radical (unpaired) electrons. The van der Waals surface area contributed by atoms with Crippen LogP contribution in [0.5, 0.6) is 0 Å². The van der Waals surface area contributed by atoms with Crippen LogP contribution in [0.25, 0.3) is 0 Å². The lowest BCUT2D eigenvalue weighted by Crippen LogP contribution is -2.61. The highest BCUT2D eigenvalue weighted by Gasteiger charge is 2.52. The van der Waals surface area contributed by atoms with Crippen LogP contribution in [0.1, 0.15) is 0 Å². The van der Waals surface area contributed by atoms with Crippen LogP contribution >= 0.6 is 11.8 Å². The summed E-state index contributed by atoms with van der Waals surface area (Å²) in [7, 11) is 2.61. The molecule has 3 aliphatic heterocycles. The Balaban J connectivity index is 1.73. The molecule has 3 saturated heterocycles. The van der Waals surface area contributed by atoms with Gasteiger partial charge in [-0.25, -0.2) is 0 Å². The Bertz CT molecular complexity index is 539. The molecule has 3 aliphatic rings. The van der Waals surface area contributed by atoms with Gasteiger partial charge >= 0.3 is 0 Å². The smallest absolute Gasteiger partial charge is 0.233 e. The van der Waals surface area contributed by atoms with E-state index in [0.29, 0.717) is 0 Å². The molecular formula is C15H25NO10S. The van der Waals surface area contributed by atoms with Gasteiger partial charge in [0.15, 0.2) is 12.6 Å². The molecule has 0 bridgehead atoms. The van der Waals surface area contributed by atoms with Gasteiger partial charge in [-0.2, -0.15) is 0 Å². The van der Waals surface area contributed by atoms with E-state index >= 15 is 0 Å². The van der Waals surface area contributed by atoms with Gasteiger partial charge in [-0.15, -0.1) is 11.8 Å². The number of methoxy groups -OCH3 is 2. The number of carbonyl (C=O) groups excluding carboxylic acids is 1. The zero-order valence-electron chi connectivity index (χ0n) is 14.8. The Morgan fingerprint density at radius 1 is 0.963 bits per heavy atom. The van der Waals surface area contributed by atoms with E-state index in [9.17, 15) is 30.3 Å². The number of aliphatic hydroxyl groups excluding tert-OH is 5. The van der Waals surface area contributed by atoms with Crippen LogP contribution in [-0.2, 0) is 23.7 Å². The Morgan fingerprint density at radius 3 is 2.15 bits per heavy atom. The summed E-state index contributed by atoms with van der Waals surface area (Å²) in [6.07, 6.45) is -11.0. The van der Waals surface area contributed by atoms with Crippen molar-refractivity contribution in [2.24, 2.45) is 0 Å². The zero-order valence-corrected chi connectivity index (χ0v) is 15.6. The molecular weight excluding hydrogens is 386 g/mol. The summed E-state index contributed by atoms with van der Waals surface area (Å²) in [5.74, 6) is -0.159. The summed E-state index contributed by atoms with van der Waals surface area (Å²) in [5.41, 5.74) is 0. The second-order valence-corrected chi connectivity index (χ2v) is 7.79. The van der Waals surface area contributed by atoms with Crippen LogP contribution in [0.3, 0.4) is 0 Å². The first-order chi connectivity index (χ1) is 12.8. The average Bonchev–Trinajstić information content (AvgIpc) is 3.15. The third-order valence-corrected chi connectivity index (χ3v) is 6.33. The SMILES string of the molecule is CO[C@H]1O[C@H](CN2C(=O)CS[C@@H]2[C@H]2O[C@@H](OC)[C@H](O)[C@@H]2O)[C@@H](O)[C@H](O)[C@H]1O. The van der Waals surface area contributed by atoms with Crippen molar-refractivity contribution < 1.29 is 49.3 Å². The highest BCUT2D eigenvalue weighted by Crippen LogP contribution is 2.36. The van der Waals surface area contributed by atoms with Gasteiger partial charge in [-0.3, -0.25) is 4.79 Å². The van der Waals surface area contributed by atoms with Crippen LogP contribution in [0.15, 0.2) is 0 Å². The molecule has 12 heteroatoms. The van der Waals surface area contributed by atoms with E-state index in [1.54, 1.807) is 0 Å². The van der Waals surface area contributed by atoms with Crippen molar-refractivity contribution in [2.75, 3.05) is 26.5 Å². The molecule has 0 aromatic carbocycles. The van der Waals surface area contributed by atoms with Crippen molar-refractivity contribution in [3.05, 3.63) is 0 Å². The van der Waals surface area contributed by atoms with Gasteiger partial charge in [0.2, 0.25) is 5.91 Å². The van der Waals surface area contributed by atoms with Crippen molar-refractivity contribution in [2.45, 2.75) is 60.7 Å². The number of hydrogen-bond donors (Lipinski definition) is 5. The first kappa shape index (κ1) is 21.2. The predicted molar refractivity (Wildman–Crippen MR) is 89.3 cm³/mol. The number of hydrogen-bond acceptors (Lipinski definition) is 11. The van der Waals surface area contributed by atoms with E-state index in [1.165, 1.54) is 30.9 Å². The normalized spacial score (nSPS) is 48.4. The number of nitrogens with zero attached hydrogens (tertiary/aromatic N) is 1. The van der Waals surface area contributed by atoms with Gasteiger partial charge in [0.25, 0.3) is 0 Å². The molecule has 3 fully saturated rings. The Morgan fingerprint density at radius 2 is 1.56 bits per heavy atom. The number of amides is 1. The summed E-state index contributed by atoms with van der Waals surface area (Å²) in [5, 5.41) is 49.6. The molecule has 10 atom stereocenters. The minimum atomic E-state index is -1.51. The maximum atomic E-state index is 12.4. The Hall–Kier alpha value is -0.540. The molecule has 5 N–H and O–H groups in total. The van der Waals surface area contributed by atoms with Gasteiger partial charge in [0, 0.05) is 14.2 Å². The number of aliphatic hydroxyl groups is 5. The fourth-order valence-corrected chi connectivity index (χ4v) is 4.79. The third kappa shape index (κ3) is 3.83. The fourth-order valence-electron chi connectivity index (χ4n) is 3.51. The molecule has 3 rings (SSSR count). The van der Waals surface area contributed by atoms with Crippen molar-refractivity contribution in [1.82, 2.24) is 4.90 Å². The van der Waals surface area contributed by atoms with Crippen LogP contribution < -0.4 is 0 Å². The molecule has 156 valence electrons. The second kappa shape index (κ2) is 8.45. The molecule has 0 aromatic heterocycles. The predicted octanol–water partition coefficient (Wildman–Crippen LogP) is -3.56. The fraction of sp³-hybridized carbons (Fsp3) is 0.933. The molecule has 3 heterocycles. The van der Waals surface area contributed by atoms with E-state index < -0.39 is 60.7 Å². The first-order valence-electron chi connectivity index (χ1n) is 8.48. The number of ether oxygens (including phenoxy) is 4. The van der Waals surface area contributed by atoms with Crippen LogP contribution in [0.2, 0.25) is 0 Å². The van der Waals surface area contributed by atoms with Crippen LogP contribution in [0.4, 0.5) is 0 Å². The maximum absolute atomic E-state index is 12.4. The molecule has 0 saturated carbocycles. The van der Waals surface area contributed by atoms with Crippen LogP contribution in [-0.4, -0.2) is 124 Å². The monoisotopic (exact) mass is 411 g/mol. The Kier molecular flexibility index (Phi) is 6.63. The lowest BCUT2D eigenvalue weighted by atomic mass is 9.98. The van der Waals surface area contributed by atoms with E-state index in [0.717, 1.165) is 0 Å². The number of carbonyl (C=O) groups is 1. The maximum Gasteiger partial charge on any atom is 0.233 e. The second-order valence-electron chi connectivity index (χ2n) is 6.68. The lowest BCUT2D eigenvalue weighted by Gasteiger charge is -2.42. The summed E-state index contributed by atoms with van der Waals surface area (Å²) in [6.45, 7) is -0.123. The van der Waals surface area contributed by atoms with Gasteiger partial charge < -0.3 is 49.4 Å². The molecule has 11 nitrogen and oxygen atoms in total. The standard InChI is InChI=1S/C15H25NO10S/c1-23-14-10(21)8(19)7(18)5(25-14)3-16-6(17)4-27-13(16)12-9(20)11(22)15(24-2)26-12/h5,7-15,18-22H,3-4H2,1-2H3/t5-,7-,8+,9+,10-,11-,12+,13-,14+,15-/m1/s1. The first-order valence-corrected chi connectivity index (χ1v) is 9.53. The van der Waals surface area contributed by atoms with Crippen molar-refractivity contribution in [1.29, 1.82) is 0 Å². The van der Waals surface area contributed by atoms with E-state index in [4.69, 9.17) is 18.9 Å². The third-order valence-electron chi connectivity index (χ3n) is 5.05. The van der Waals surface area contributed by atoms with Gasteiger partial charge in [-0.05, 0) is 0 Å². The largest absolute Gasteiger partial charge is 0.388 e. The number of thioether (sulfide) groups is 1. The van der Waals surface area contributed by atoms with E-state index in [1.807, 2.05) is 0 Å².